The monoisotopic (exact) mass is 208 g/mol. The van der Waals surface area contributed by atoms with Gasteiger partial charge in [-0.3, -0.25) is 0 Å². The van der Waals surface area contributed by atoms with Crippen LogP contribution in [0.4, 0.5) is 0 Å². The van der Waals surface area contributed by atoms with E-state index in [9.17, 15) is 0 Å². The molecule has 0 aromatic carbocycles. The fraction of sp³-hybridized carbons (Fsp3) is 0.333. The van der Waals surface area contributed by atoms with Crippen molar-refractivity contribution in [3.63, 3.8) is 0 Å². The molecule has 0 aromatic heterocycles. The highest BCUT2D eigenvalue weighted by molar-refractivity contribution is 14.1. The SMILES string of the molecule is C=CCC=CCI. The molecule has 0 spiro atoms. The van der Waals surface area contributed by atoms with Crippen LogP contribution >= 0.6 is 22.6 Å². The smallest absolute Gasteiger partial charge is 0.0176 e. The van der Waals surface area contributed by atoms with Crippen molar-refractivity contribution in [1.82, 2.24) is 0 Å². The van der Waals surface area contributed by atoms with Gasteiger partial charge in [-0.15, -0.1) is 6.58 Å². The lowest BCUT2D eigenvalue weighted by Crippen LogP contribution is -1.57. The first-order valence-electron chi connectivity index (χ1n) is 2.23. The van der Waals surface area contributed by atoms with Crippen LogP contribution in [0.3, 0.4) is 0 Å². The van der Waals surface area contributed by atoms with Crippen LogP contribution in [0.1, 0.15) is 6.42 Å². The van der Waals surface area contributed by atoms with Gasteiger partial charge in [0.1, 0.15) is 0 Å². The van der Waals surface area contributed by atoms with Gasteiger partial charge in [0.25, 0.3) is 0 Å². The maximum Gasteiger partial charge on any atom is 0.0176 e. The maximum atomic E-state index is 3.58. The molecular weight excluding hydrogens is 199 g/mol. The zero-order valence-corrected chi connectivity index (χ0v) is 6.39. The van der Waals surface area contributed by atoms with Gasteiger partial charge in [0.2, 0.25) is 0 Å². The fourth-order valence-electron chi connectivity index (χ4n) is 0.255. The zero-order chi connectivity index (χ0) is 5.54. The fourth-order valence-corrected chi connectivity index (χ4v) is 0.615. The summed E-state index contributed by atoms with van der Waals surface area (Å²) in [7, 11) is 0. The Morgan fingerprint density at radius 3 is 2.57 bits per heavy atom. The van der Waals surface area contributed by atoms with Crippen LogP contribution in [0.25, 0.3) is 0 Å². The van der Waals surface area contributed by atoms with Crippen molar-refractivity contribution in [2.75, 3.05) is 4.43 Å². The molecule has 0 aromatic rings. The molecule has 0 nitrogen and oxygen atoms in total. The second kappa shape index (κ2) is 6.21. The molecule has 0 heterocycles. The molecule has 1 heteroatoms. The highest BCUT2D eigenvalue weighted by atomic mass is 127. The van der Waals surface area contributed by atoms with E-state index in [1.54, 1.807) is 0 Å². The molecule has 0 fully saturated rings. The van der Waals surface area contributed by atoms with Crippen LogP contribution in [-0.2, 0) is 0 Å². The van der Waals surface area contributed by atoms with Gasteiger partial charge in [0.05, 0.1) is 0 Å². The van der Waals surface area contributed by atoms with Crippen molar-refractivity contribution in [2.45, 2.75) is 6.42 Å². The summed E-state index contributed by atoms with van der Waals surface area (Å²) in [5, 5.41) is 0. The van der Waals surface area contributed by atoms with E-state index in [0.29, 0.717) is 0 Å². The molecule has 0 atom stereocenters. The second-order valence-electron chi connectivity index (χ2n) is 1.15. The lowest BCUT2D eigenvalue weighted by atomic mass is 10.4. The van der Waals surface area contributed by atoms with E-state index < -0.39 is 0 Å². The summed E-state index contributed by atoms with van der Waals surface area (Å²) in [5.74, 6) is 0. The minimum Gasteiger partial charge on any atom is -0.103 e. The van der Waals surface area contributed by atoms with E-state index in [0.717, 1.165) is 10.8 Å². The highest BCUT2D eigenvalue weighted by Gasteiger charge is 1.64. The number of hydrogen-bond donors (Lipinski definition) is 0. The van der Waals surface area contributed by atoms with Crippen LogP contribution in [0.2, 0.25) is 0 Å². The summed E-state index contributed by atoms with van der Waals surface area (Å²) in [6.45, 7) is 3.58. The first-order valence-corrected chi connectivity index (χ1v) is 3.76. The van der Waals surface area contributed by atoms with Gasteiger partial charge in [0, 0.05) is 4.43 Å². The average molecular weight is 208 g/mol. The van der Waals surface area contributed by atoms with Gasteiger partial charge in [-0.25, -0.2) is 0 Å². The Bertz CT molecular complexity index is 64.6. The van der Waals surface area contributed by atoms with Crippen molar-refractivity contribution < 1.29 is 0 Å². The number of hydrogen-bond acceptors (Lipinski definition) is 0. The first kappa shape index (κ1) is 7.21. The van der Waals surface area contributed by atoms with Crippen LogP contribution in [0, 0.1) is 0 Å². The largest absolute Gasteiger partial charge is 0.103 e. The molecule has 0 amide bonds. The van der Waals surface area contributed by atoms with Crippen molar-refractivity contribution in [1.29, 1.82) is 0 Å². The summed E-state index contributed by atoms with van der Waals surface area (Å²) in [5.41, 5.74) is 0. The predicted octanol–water partition coefficient (Wildman–Crippen LogP) is 2.55. The Morgan fingerprint density at radius 2 is 2.14 bits per heavy atom. The third-order valence-electron chi connectivity index (χ3n) is 0.559. The van der Waals surface area contributed by atoms with Crippen LogP contribution in [-0.4, -0.2) is 4.43 Å². The maximum absolute atomic E-state index is 3.58. The minimum absolute atomic E-state index is 1.00. The topological polar surface area (TPSA) is 0 Å². The molecule has 0 unspecified atom stereocenters. The molecule has 0 N–H and O–H groups in total. The van der Waals surface area contributed by atoms with Crippen molar-refractivity contribution in [2.24, 2.45) is 0 Å². The molecule has 40 valence electrons. The molecule has 0 saturated heterocycles. The summed E-state index contributed by atoms with van der Waals surface area (Å²) in [6, 6.07) is 0. The van der Waals surface area contributed by atoms with E-state index in [2.05, 4.69) is 41.3 Å². The quantitative estimate of drug-likeness (QED) is 0.379. The highest BCUT2D eigenvalue weighted by Crippen LogP contribution is 1.86. The Hall–Kier alpha value is 0.210. The summed E-state index contributed by atoms with van der Waals surface area (Å²) >= 11 is 2.31. The third kappa shape index (κ3) is 6.21. The molecular formula is C6H9I. The van der Waals surface area contributed by atoms with Crippen molar-refractivity contribution in [3.05, 3.63) is 24.8 Å². The minimum atomic E-state index is 1.00. The molecule has 0 bridgehead atoms. The van der Waals surface area contributed by atoms with Crippen LogP contribution < -0.4 is 0 Å². The zero-order valence-electron chi connectivity index (χ0n) is 4.23. The van der Waals surface area contributed by atoms with E-state index in [4.69, 9.17) is 0 Å². The summed E-state index contributed by atoms with van der Waals surface area (Å²) in [6.07, 6.45) is 7.13. The Morgan fingerprint density at radius 1 is 1.43 bits per heavy atom. The van der Waals surface area contributed by atoms with Crippen LogP contribution in [0.15, 0.2) is 24.8 Å². The number of allylic oxidation sites excluding steroid dienone is 3. The molecule has 0 aliphatic heterocycles. The lowest BCUT2D eigenvalue weighted by Gasteiger charge is -1.74. The number of rotatable bonds is 3. The van der Waals surface area contributed by atoms with Crippen LogP contribution in [0.5, 0.6) is 0 Å². The van der Waals surface area contributed by atoms with E-state index in [1.165, 1.54) is 0 Å². The Kier molecular flexibility index (Phi) is 6.40. The second-order valence-corrected chi connectivity index (χ2v) is 2.03. The van der Waals surface area contributed by atoms with E-state index in [1.807, 2.05) is 6.08 Å². The van der Waals surface area contributed by atoms with Gasteiger partial charge >= 0.3 is 0 Å². The van der Waals surface area contributed by atoms with Gasteiger partial charge in [0.15, 0.2) is 0 Å². The third-order valence-corrected chi connectivity index (χ3v) is 1.07. The van der Waals surface area contributed by atoms with E-state index in [-0.39, 0.29) is 0 Å². The van der Waals surface area contributed by atoms with Crippen molar-refractivity contribution in [3.8, 4) is 0 Å². The molecule has 0 aliphatic rings. The summed E-state index contributed by atoms with van der Waals surface area (Å²) < 4.78 is 1.10. The summed E-state index contributed by atoms with van der Waals surface area (Å²) in [4.78, 5) is 0. The molecule has 0 aliphatic carbocycles. The van der Waals surface area contributed by atoms with Gasteiger partial charge < -0.3 is 0 Å². The normalized spacial score (nSPS) is 9.86. The molecule has 0 saturated carbocycles. The average Bonchev–Trinajstić information content (AvgIpc) is 1.69. The lowest BCUT2D eigenvalue weighted by molar-refractivity contribution is 1.40. The molecule has 0 rings (SSSR count). The van der Waals surface area contributed by atoms with Gasteiger partial charge in [-0.1, -0.05) is 40.8 Å². The first-order chi connectivity index (χ1) is 3.41. The van der Waals surface area contributed by atoms with Gasteiger partial charge in [-0.2, -0.15) is 0 Å². The Balaban J connectivity index is 2.92. The molecule has 7 heavy (non-hydrogen) atoms. The standard InChI is InChI=1S/C6H9I/c1-2-3-4-5-6-7/h2,4-5H,1,3,6H2. The van der Waals surface area contributed by atoms with Crippen molar-refractivity contribution >= 4 is 22.6 Å². The molecule has 0 radical (unpaired) electrons. The Labute approximate surface area is 58.4 Å². The number of alkyl halides is 1. The predicted molar refractivity (Wildman–Crippen MR) is 42.8 cm³/mol. The van der Waals surface area contributed by atoms with Gasteiger partial charge in [-0.05, 0) is 6.42 Å². The number of halogens is 1. The van der Waals surface area contributed by atoms with E-state index >= 15 is 0 Å².